The fourth-order valence-electron chi connectivity index (χ4n) is 0.410. The van der Waals surface area contributed by atoms with E-state index in [0.717, 1.165) is 0 Å². The lowest BCUT2D eigenvalue weighted by Crippen LogP contribution is -2.03. The number of carbonyl (C=O) groups excluding carboxylic acids is 1. The number of hydrogen-bond acceptors (Lipinski definition) is 3. The maximum absolute atomic E-state index is 10.2. The fraction of sp³-hybridized carbons (Fsp3) is 0.400. The van der Waals surface area contributed by atoms with Crippen LogP contribution in [0, 0.1) is 0 Å². The van der Waals surface area contributed by atoms with Crippen molar-refractivity contribution in [1.29, 1.82) is 0 Å². The van der Waals surface area contributed by atoms with Crippen LogP contribution in [0.15, 0.2) is 12.2 Å². The molecule has 8 heavy (non-hydrogen) atoms. The number of cyclic esters (lactones) is 2. The third-order valence-corrected chi connectivity index (χ3v) is 0.761. The summed E-state index contributed by atoms with van der Waals surface area (Å²) in [5, 5.41) is 0. The third-order valence-electron chi connectivity index (χ3n) is 0.761. The Kier molecular flexibility index (Phi) is 1.51. The molecule has 1 rings (SSSR count). The summed E-state index contributed by atoms with van der Waals surface area (Å²) in [4.78, 5) is 10.2. The van der Waals surface area contributed by atoms with E-state index in [1.807, 2.05) is 0 Å². The Morgan fingerprint density at radius 3 is 2.25 bits per heavy atom. The van der Waals surface area contributed by atoms with Crippen molar-refractivity contribution in [3.05, 3.63) is 12.2 Å². The highest BCUT2D eigenvalue weighted by Crippen LogP contribution is 1.91. The van der Waals surface area contributed by atoms with Gasteiger partial charge in [-0.2, -0.15) is 0 Å². The first-order valence-electron chi connectivity index (χ1n) is 2.34. The van der Waals surface area contributed by atoms with Crippen LogP contribution >= 0.6 is 0 Å². The van der Waals surface area contributed by atoms with Crippen LogP contribution in [0.25, 0.3) is 0 Å². The summed E-state index contributed by atoms with van der Waals surface area (Å²) in [7, 11) is 0. The standard InChI is InChI=1S/C5H6O3/c6-5-7-3-1-2-4-8-5/h1-2H,3-4H2. The summed E-state index contributed by atoms with van der Waals surface area (Å²) in [6.45, 7) is 0.664. The smallest absolute Gasteiger partial charge is 0.430 e. The van der Waals surface area contributed by atoms with Crippen molar-refractivity contribution in [2.75, 3.05) is 13.2 Å². The van der Waals surface area contributed by atoms with E-state index in [1.54, 1.807) is 12.2 Å². The first kappa shape index (κ1) is 5.15. The molecule has 0 fully saturated rings. The molecule has 3 nitrogen and oxygen atoms in total. The highest BCUT2D eigenvalue weighted by atomic mass is 16.7. The Balaban J connectivity index is 2.39. The highest BCUT2D eigenvalue weighted by molar-refractivity contribution is 5.60. The maximum Gasteiger partial charge on any atom is 0.508 e. The zero-order chi connectivity index (χ0) is 5.82. The minimum atomic E-state index is -0.588. The molecule has 0 unspecified atom stereocenters. The van der Waals surface area contributed by atoms with E-state index in [-0.39, 0.29) is 0 Å². The quantitative estimate of drug-likeness (QED) is 0.343. The van der Waals surface area contributed by atoms with Gasteiger partial charge in [0.05, 0.1) is 0 Å². The van der Waals surface area contributed by atoms with Crippen molar-refractivity contribution < 1.29 is 14.3 Å². The topological polar surface area (TPSA) is 35.5 Å². The molecule has 0 atom stereocenters. The van der Waals surface area contributed by atoms with Gasteiger partial charge in [-0.25, -0.2) is 4.79 Å². The Labute approximate surface area is 46.9 Å². The van der Waals surface area contributed by atoms with Crippen LogP contribution < -0.4 is 0 Å². The van der Waals surface area contributed by atoms with Gasteiger partial charge in [-0.05, 0) is 12.2 Å². The Hall–Kier alpha value is -0.990. The molecule has 0 radical (unpaired) electrons. The van der Waals surface area contributed by atoms with Gasteiger partial charge >= 0.3 is 6.16 Å². The molecular formula is C5H6O3. The molecular weight excluding hydrogens is 108 g/mol. The van der Waals surface area contributed by atoms with Gasteiger partial charge in [0.1, 0.15) is 13.2 Å². The number of carbonyl (C=O) groups is 1. The first-order chi connectivity index (χ1) is 3.89. The second kappa shape index (κ2) is 2.35. The van der Waals surface area contributed by atoms with E-state index in [2.05, 4.69) is 9.47 Å². The number of hydrogen-bond donors (Lipinski definition) is 0. The molecule has 0 amide bonds. The second-order valence-electron chi connectivity index (χ2n) is 1.34. The van der Waals surface area contributed by atoms with Gasteiger partial charge in [0.15, 0.2) is 0 Å². The fourth-order valence-corrected chi connectivity index (χ4v) is 0.410. The normalized spacial score (nSPS) is 18.8. The predicted molar refractivity (Wildman–Crippen MR) is 26.4 cm³/mol. The van der Waals surface area contributed by atoms with E-state index in [9.17, 15) is 4.79 Å². The number of ether oxygens (including phenoxy) is 2. The predicted octanol–water partition coefficient (Wildman–Crippen LogP) is 0.709. The minimum absolute atomic E-state index is 0.332. The Bertz CT molecular complexity index is 105. The lowest BCUT2D eigenvalue weighted by Gasteiger charge is -1.95. The first-order valence-corrected chi connectivity index (χ1v) is 2.34. The summed E-state index contributed by atoms with van der Waals surface area (Å²) in [6, 6.07) is 0. The molecule has 3 heteroatoms. The zero-order valence-electron chi connectivity index (χ0n) is 4.29. The highest BCUT2D eigenvalue weighted by Gasteiger charge is 2.01. The molecule has 1 aliphatic heterocycles. The molecule has 0 spiro atoms. The molecule has 1 aliphatic rings. The molecule has 0 N–H and O–H groups in total. The lowest BCUT2D eigenvalue weighted by molar-refractivity contribution is 0.0766. The van der Waals surface area contributed by atoms with Crippen molar-refractivity contribution in [3.8, 4) is 0 Å². The molecule has 0 aromatic carbocycles. The van der Waals surface area contributed by atoms with E-state index >= 15 is 0 Å². The molecule has 0 saturated heterocycles. The van der Waals surface area contributed by atoms with Crippen molar-refractivity contribution in [2.45, 2.75) is 0 Å². The molecule has 0 saturated carbocycles. The summed E-state index contributed by atoms with van der Waals surface area (Å²) in [5.41, 5.74) is 0. The summed E-state index contributed by atoms with van der Waals surface area (Å²) in [6.07, 6.45) is 2.89. The second-order valence-corrected chi connectivity index (χ2v) is 1.34. The molecule has 0 aliphatic carbocycles. The largest absolute Gasteiger partial charge is 0.508 e. The van der Waals surface area contributed by atoms with Crippen LogP contribution in [0.2, 0.25) is 0 Å². The van der Waals surface area contributed by atoms with E-state index in [1.165, 1.54) is 0 Å². The summed E-state index contributed by atoms with van der Waals surface area (Å²) >= 11 is 0. The Morgan fingerprint density at radius 1 is 1.25 bits per heavy atom. The molecule has 0 aromatic rings. The zero-order valence-corrected chi connectivity index (χ0v) is 4.29. The Morgan fingerprint density at radius 2 is 1.75 bits per heavy atom. The van der Waals surface area contributed by atoms with Gasteiger partial charge in [0, 0.05) is 0 Å². The molecule has 1 heterocycles. The average Bonchev–Trinajstić information content (AvgIpc) is 1.94. The summed E-state index contributed by atoms with van der Waals surface area (Å²) < 4.78 is 8.91. The molecule has 0 aromatic heterocycles. The summed E-state index contributed by atoms with van der Waals surface area (Å²) in [5.74, 6) is 0. The van der Waals surface area contributed by atoms with Crippen LogP contribution in [-0.4, -0.2) is 19.4 Å². The monoisotopic (exact) mass is 114 g/mol. The number of rotatable bonds is 0. The van der Waals surface area contributed by atoms with Crippen molar-refractivity contribution in [2.24, 2.45) is 0 Å². The van der Waals surface area contributed by atoms with Crippen LogP contribution in [-0.2, 0) is 9.47 Å². The van der Waals surface area contributed by atoms with Gasteiger partial charge < -0.3 is 9.47 Å². The molecule has 0 bridgehead atoms. The lowest BCUT2D eigenvalue weighted by atomic mass is 10.5. The van der Waals surface area contributed by atoms with E-state index in [4.69, 9.17) is 0 Å². The van der Waals surface area contributed by atoms with Crippen LogP contribution in [0.4, 0.5) is 4.79 Å². The minimum Gasteiger partial charge on any atom is -0.430 e. The molecule has 44 valence electrons. The van der Waals surface area contributed by atoms with Crippen molar-refractivity contribution in [3.63, 3.8) is 0 Å². The van der Waals surface area contributed by atoms with E-state index in [0.29, 0.717) is 13.2 Å². The van der Waals surface area contributed by atoms with Gasteiger partial charge in [0.2, 0.25) is 0 Å². The van der Waals surface area contributed by atoms with Crippen molar-refractivity contribution in [1.82, 2.24) is 0 Å². The third kappa shape index (κ3) is 1.26. The van der Waals surface area contributed by atoms with E-state index < -0.39 is 6.16 Å². The van der Waals surface area contributed by atoms with Gasteiger partial charge in [-0.15, -0.1) is 0 Å². The van der Waals surface area contributed by atoms with Gasteiger partial charge in [0.25, 0.3) is 0 Å². The van der Waals surface area contributed by atoms with Crippen molar-refractivity contribution >= 4 is 6.16 Å². The van der Waals surface area contributed by atoms with Crippen LogP contribution in [0.1, 0.15) is 0 Å². The maximum atomic E-state index is 10.2. The SMILES string of the molecule is O=C1OCC=CCO1. The van der Waals surface area contributed by atoms with Crippen LogP contribution in [0.3, 0.4) is 0 Å². The van der Waals surface area contributed by atoms with Crippen LogP contribution in [0.5, 0.6) is 0 Å². The van der Waals surface area contributed by atoms with Gasteiger partial charge in [-0.1, -0.05) is 0 Å². The van der Waals surface area contributed by atoms with Gasteiger partial charge in [-0.3, -0.25) is 0 Å². The average molecular weight is 114 g/mol.